The van der Waals surface area contributed by atoms with Crippen LogP contribution in [0.2, 0.25) is 0 Å². The van der Waals surface area contributed by atoms with Gasteiger partial charge in [0, 0.05) is 16.6 Å². The third-order valence-corrected chi connectivity index (χ3v) is 2.96. The van der Waals surface area contributed by atoms with Crippen molar-refractivity contribution in [2.45, 2.75) is 32.9 Å². The minimum absolute atomic E-state index is 0.139. The summed E-state index contributed by atoms with van der Waals surface area (Å²) < 4.78 is 1.09. The van der Waals surface area contributed by atoms with E-state index in [1.54, 1.807) is 0 Å². The summed E-state index contributed by atoms with van der Waals surface area (Å²) in [5.41, 5.74) is 2.29. The molecular weight excluding hydrogens is 254 g/mol. The summed E-state index contributed by atoms with van der Waals surface area (Å²) in [5.74, 6) is 0. The fraction of sp³-hybridized carbons (Fsp3) is 0.500. The van der Waals surface area contributed by atoms with Gasteiger partial charge >= 0.3 is 0 Å². The molecule has 3 heteroatoms. The van der Waals surface area contributed by atoms with E-state index in [0.717, 1.165) is 11.0 Å². The number of hydrogen-bond acceptors (Lipinski definition) is 2. The van der Waals surface area contributed by atoms with Crippen molar-refractivity contribution < 1.29 is 5.11 Å². The molecule has 1 rings (SSSR count). The van der Waals surface area contributed by atoms with Gasteiger partial charge in [-0.15, -0.1) is 0 Å². The summed E-state index contributed by atoms with van der Waals surface area (Å²) in [6.45, 7) is 6.98. The van der Waals surface area contributed by atoms with Gasteiger partial charge in [0.2, 0.25) is 0 Å². The van der Waals surface area contributed by atoms with Crippen LogP contribution < -0.4 is 5.32 Å². The van der Waals surface area contributed by atoms with Crippen molar-refractivity contribution in [1.29, 1.82) is 0 Å². The van der Waals surface area contributed by atoms with Crippen LogP contribution in [0.15, 0.2) is 22.7 Å². The Morgan fingerprint density at radius 2 is 2.07 bits per heavy atom. The molecule has 2 N–H and O–H groups in total. The maximum Gasteiger partial charge on any atom is 0.0607 e. The second kappa shape index (κ2) is 5.10. The molecule has 15 heavy (non-hydrogen) atoms. The van der Waals surface area contributed by atoms with E-state index < -0.39 is 0 Å². The predicted molar refractivity (Wildman–Crippen MR) is 66.9 cm³/mol. The number of aryl methyl sites for hydroxylation is 1. The average Bonchev–Trinajstić information content (AvgIpc) is 2.20. The Morgan fingerprint density at radius 3 is 2.67 bits per heavy atom. The van der Waals surface area contributed by atoms with E-state index in [1.165, 1.54) is 11.1 Å². The number of aliphatic hydroxyl groups excluding tert-OH is 1. The van der Waals surface area contributed by atoms with Crippen molar-refractivity contribution in [2.24, 2.45) is 0 Å². The Kier molecular flexibility index (Phi) is 4.32. The maximum atomic E-state index is 9.12. The van der Waals surface area contributed by atoms with Crippen molar-refractivity contribution in [1.82, 2.24) is 5.32 Å². The third-order valence-electron chi connectivity index (χ3n) is 2.46. The molecule has 1 aromatic rings. The SMILES string of the molecule is Cc1ccc(Br)cc1CNC(C)(C)CO. The molecule has 0 atom stereocenters. The van der Waals surface area contributed by atoms with E-state index in [4.69, 9.17) is 5.11 Å². The van der Waals surface area contributed by atoms with Crippen LogP contribution in [-0.4, -0.2) is 17.3 Å². The van der Waals surface area contributed by atoms with Crippen LogP contribution in [0.25, 0.3) is 0 Å². The fourth-order valence-corrected chi connectivity index (χ4v) is 1.63. The van der Waals surface area contributed by atoms with Crippen LogP contribution in [0.4, 0.5) is 0 Å². The first-order valence-corrected chi connectivity index (χ1v) is 5.85. The van der Waals surface area contributed by atoms with Gasteiger partial charge in [0.05, 0.1) is 6.61 Å². The normalized spacial score (nSPS) is 11.8. The van der Waals surface area contributed by atoms with Gasteiger partial charge in [-0.25, -0.2) is 0 Å². The van der Waals surface area contributed by atoms with Gasteiger partial charge in [-0.3, -0.25) is 0 Å². The smallest absolute Gasteiger partial charge is 0.0607 e. The number of halogens is 1. The van der Waals surface area contributed by atoms with Gasteiger partial charge in [-0.2, -0.15) is 0 Å². The minimum Gasteiger partial charge on any atom is -0.394 e. The van der Waals surface area contributed by atoms with Crippen LogP contribution >= 0.6 is 15.9 Å². The zero-order valence-electron chi connectivity index (χ0n) is 9.47. The molecule has 0 saturated carbocycles. The van der Waals surface area contributed by atoms with Crippen LogP contribution in [0.5, 0.6) is 0 Å². The van der Waals surface area contributed by atoms with Crippen molar-refractivity contribution in [2.75, 3.05) is 6.61 Å². The first kappa shape index (κ1) is 12.7. The number of aliphatic hydroxyl groups is 1. The highest BCUT2D eigenvalue weighted by Gasteiger charge is 2.15. The third kappa shape index (κ3) is 3.93. The van der Waals surface area contributed by atoms with E-state index in [2.05, 4.69) is 40.3 Å². The Morgan fingerprint density at radius 1 is 1.40 bits per heavy atom. The lowest BCUT2D eigenvalue weighted by Gasteiger charge is -2.24. The molecule has 1 aromatic carbocycles. The Labute approximate surface area is 99.8 Å². The molecule has 0 radical (unpaired) electrons. The van der Waals surface area contributed by atoms with Crippen LogP contribution in [-0.2, 0) is 6.54 Å². The van der Waals surface area contributed by atoms with Gasteiger partial charge in [0.1, 0.15) is 0 Å². The van der Waals surface area contributed by atoms with Crippen molar-refractivity contribution in [3.05, 3.63) is 33.8 Å². The number of nitrogens with one attached hydrogen (secondary N) is 1. The molecule has 0 amide bonds. The predicted octanol–water partition coefficient (Wildman–Crippen LogP) is 2.62. The lowest BCUT2D eigenvalue weighted by Crippen LogP contribution is -2.42. The molecule has 0 aliphatic carbocycles. The Balaban J connectivity index is 2.69. The average molecular weight is 272 g/mol. The molecule has 0 aromatic heterocycles. The summed E-state index contributed by atoms with van der Waals surface area (Å²) in [4.78, 5) is 0. The van der Waals surface area contributed by atoms with Crippen LogP contribution in [0.3, 0.4) is 0 Å². The molecule has 2 nitrogen and oxygen atoms in total. The van der Waals surface area contributed by atoms with Gasteiger partial charge in [0.15, 0.2) is 0 Å². The minimum atomic E-state index is -0.227. The van der Waals surface area contributed by atoms with E-state index in [1.807, 2.05) is 19.9 Å². The number of rotatable bonds is 4. The molecule has 0 fully saturated rings. The van der Waals surface area contributed by atoms with E-state index >= 15 is 0 Å². The van der Waals surface area contributed by atoms with Crippen molar-refractivity contribution in [3.8, 4) is 0 Å². The largest absolute Gasteiger partial charge is 0.394 e. The van der Waals surface area contributed by atoms with Crippen molar-refractivity contribution in [3.63, 3.8) is 0 Å². The molecule has 84 valence electrons. The van der Waals surface area contributed by atoms with E-state index in [9.17, 15) is 0 Å². The van der Waals surface area contributed by atoms with Crippen LogP contribution in [0.1, 0.15) is 25.0 Å². The Hall–Kier alpha value is -0.380. The first-order chi connectivity index (χ1) is 6.94. The fourth-order valence-electron chi connectivity index (χ4n) is 1.22. The quantitative estimate of drug-likeness (QED) is 0.883. The molecular formula is C12H18BrNO. The first-order valence-electron chi connectivity index (χ1n) is 5.05. The van der Waals surface area contributed by atoms with Gasteiger partial charge in [0.25, 0.3) is 0 Å². The second-order valence-corrected chi connectivity index (χ2v) is 5.38. The standard InChI is InChI=1S/C12H18BrNO/c1-9-4-5-11(13)6-10(9)7-14-12(2,3)8-15/h4-6,14-15H,7-8H2,1-3H3. The monoisotopic (exact) mass is 271 g/mol. The highest BCUT2D eigenvalue weighted by molar-refractivity contribution is 9.10. The lowest BCUT2D eigenvalue weighted by molar-refractivity contribution is 0.187. The van der Waals surface area contributed by atoms with Gasteiger partial charge in [-0.05, 0) is 44.0 Å². The molecule has 0 bridgehead atoms. The van der Waals surface area contributed by atoms with Gasteiger partial charge in [-0.1, -0.05) is 22.0 Å². The van der Waals surface area contributed by atoms with Crippen LogP contribution in [0, 0.1) is 6.92 Å². The maximum absolute atomic E-state index is 9.12. The van der Waals surface area contributed by atoms with E-state index in [-0.39, 0.29) is 12.1 Å². The zero-order chi connectivity index (χ0) is 11.5. The number of hydrogen-bond donors (Lipinski definition) is 2. The second-order valence-electron chi connectivity index (χ2n) is 4.47. The van der Waals surface area contributed by atoms with Gasteiger partial charge < -0.3 is 10.4 Å². The summed E-state index contributed by atoms with van der Waals surface area (Å²) in [5, 5.41) is 12.4. The molecule has 0 unspecified atom stereocenters. The summed E-state index contributed by atoms with van der Waals surface area (Å²) in [6.07, 6.45) is 0. The molecule has 0 saturated heterocycles. The highest BCUT2D eigenvalue weighted by Crippen LogP contribution is 2.16. The highest BCUT2D eigenvalue weighted by atomic mass is 79.9. The molecule has 0 spiro atoms. The number of benzene rings is 1. The zero-order valence-corrected chi connectivity index (χ0v) is 11.1. The molecule has 0 aliphatic heterocycles. The summed E-state index contributed by atoms with van der Waals surface area (Å²) in [7, 11) is 0. The molecule has 0 heterocycles. The Bertz CT molecular complexity index is 336. The van der Waals surface area contributed by atoms with E-state index in [0.29, 0.717) is 0 Å². The van der Waals surface area contributed by atoms with Crippen molar-refractivity contribution >= 4 is 15.9 Å². The topological polar surface area (TPSA) is 32.3 Å². The lowest BCUT2D eigenvalue weighted by atomic mass is 10.0. The summed E-state index contributed by atoms with van der Waals surface area (Å²) in [6, 6.07) is 6.23. The molecule has 0 aliphatic rings. The summed E-state index contributed by atoms with van der Waals surface area (Å²) >= 11 is 3.46.